The fraction of sp³-hybridized carbons (Fsp3) is 0. The van der Waals surface area contributed by atoms with Crippen molar-refractivity contribution in [2.24, 2.45) is 0 Å². The van der Waals surface area contributed by atoms with Crippen LogP contribution in [0.2, 0.25) is 0 Å². The quantitative estimate of drug-likeness (QED) is 0.436. The molecule has 0 bridgehead atoms. The zero-order chi connectivity index (χ0) is 10.1. The van der Waals surface area contributed by atoms with E-state index in [1.807, 2.05) is 0 Å². The molecule has 0 amide bonds. The molecule has 11 heavy (non-hydrogen) atoms. The Labute approximate surface area is 75.0 Å². The summed E-state index contributed by atoms with van der Waals surface area (Å²) in [6, 6.07) is 0. The van der Waals surface area contributed by atoms with Gasteiger partial charge < -0.3 is 0 Å². The van der Waals surface area contributed by atoms with Gasteiger partial charge in [-0.15, -0.1) is 0 Å². The van der Waals surface area contributed by atoms with Crippen molar-refractivity contribution in [3.8, 4) is 0 Å². The molecule has 0 fully saturated rings. The molecule has 0 saturated carbocycles. The zero-order valence-electron chi connectivity index (χ0n) is 5.52. The maximum atomic E-state index is 7.50. The monoisotopic (exact) mass is 193 g/mol. The van der Waals surface area contributed by atoms with Crippen molar-refractivity contribution >= 4 is 20.4 Å². The first-order valence-corrected chi connectivity index (χ1v) is 2.53. The number of allylic oxidation sites excluding steroid dienone is 2. The molecule has 0 saturated heterocycles. The molecule has 59 valence electrons. The molecule has 0 unspecified atom stereocenters. The first kappa shape index (κ1) is 22.5. The zero-order valence-corrected chi connectivity index (χ0v) is 6.62. The molecule has 0 N–H and O–H groups in total. The van der Waals surface area contributed by atoms with Gasteiger partial charge in [0.05, 0.1) is 0 Å². The SMILES string of the molecule is C=CC=[CH][Fe].[C]=O.[C]=O.[C]=O. The summed E-state index contributed by atoms with van der Waals surface area (Å²) in [7, 11) is 0. The third-order valence-corrected chi connectivity index (χ3v) is 0.417. The summed E-state index contributed by atoms with van der Waals surface area (Å²) >= 11 is 3.42. The Balaban J connectivity index is -0.0000000350. The number of hydrogen-bond acceptors (Lipinski definition) is 3. The van der Waals surface area contributed by atoms with Crippen LogP contribution in [0.4, 0.5) is 0 Å². The van der Waals surface area contributed by atoms with Crippen LogP contribution in [0.5, 0.6) is 0 Å². The molecule has 6 radical (unpaired) electrons. The molecule has 0 spiro atoms. The van der Waals surface area contributed by atoms with Crippen LogP contribution in [0.1, 0.15) is 0 Å². The Morgan fingerprint density at radius 1 is 1.00 bits per heavy atom. The van der Waals surface area contributed by atoms with Crippen LogP contribution >= 0.6 is 0 Å². The molecule has 0 aromatic carbocycles. The van der Waals surface area contributed by atoms with Gasteiger partial charge in [0.2, 0.25) is 0 Å². The molecular weight excluding hydrogens is 188 g/mol. The summed E-state index contributed by atoms with van der Waals surface area (Å²) in [5, 5.41) is 0. The van der Waals surface area contributed by atoms with Gasteiger partial charge in [-0.05, 0) is 0 Å². The maximum Gasteiger partial charge on any atom is 0.281 e. The van der Waals surface area contributed by atoms with Crippen LogP contribution in [0.25, 0.3) is 0 Å². The summed E-state index contributed by atoms with van der Waals surface area (Å²) < 4.78 is 0. The van der Waals surface area contributed by atoms with Crippen LogP contribution in [-0.4, -0.2) is 20.4 Å². The third kappa shape index (κ3) is 434. The van der Waals surface area contributed by atoms with Crippen molar-refractivity contribution < 1.29 is 30.4 Å². The van der Waals surface area contributed by atoms with E-state index in [2.05, 4.69) is 43.0 Å². The van der Waals surface area contributed by atoms with Crippen LogP contribution in [0.15, 0.2) is 23.7 Å². The van der Waals surface area contributed by atoms with E-state index in [1.54, 1.807) is 17.1 Å². The van der Waals surface area contributed by atoms with E-state index in [1.165, 1.54) is 0 Å². The van der Waals surface area contributed by atoms with E-state index < -0.39 is 0 Å². The van der Waals surface area contributed by atoms with E-state index in [0.29, 0.717) is 0 Å². The molecule has 0 atom stereocenters. The Kier molecular flexibility index (Phi) is 293. The smallest absolute Gasteiger partial charge is 0.281 e. The molecule has 0 heterocycles. The Bertz CT molecular complexity index is 79.0. The summed E-state index contributed by atoms with van der Waals surface area (Å²) in [6.07, 6.45) is 3.47. The molecule has 0 aromatic rings. The van der Waals surface area contributed by atoms with Crippen molar-refractivity contribution in [3.05, 3.63) is 23.7 Å². The van der Waals surface area contributed by atoms with Gasteiger partial charge in [-0.1, -0.05) is 0 Å². The Morgan fingerprint density at radius 2 is 1.27 bits per heavy atom. The van der Waals surface area contributed by atoms with Gasteiger partial charge >= 0.3 is 39.7 Å². The van der Waals surface area contributed by atoms with Gasteiger partial charge in [0.1, 0.15) is 0 Å². The minimum Gasteiger partial charge on any atom is -0.281 e. The predicted molar refractivity (Wildman–Crippen MR) is 36.4 cm³/mol. The van der Waals surface area contributed by atoms with Gasteiger partial charge in [0.25, 0.3) is 20.4 Å². The second-order valence-corrected chi connectivity index (χ2v) is 0.914. The molecule has 0 aliphatic rings. The first-order chi connectivity index (χ1) is 5.41. The maximum absolute atomic E-state index is 7.50. The molecule has 0 aliphatic carbocycles. The third-order valence-electron chi connectivity index (χ3n) is 0.204. The van der Waals surface area contributed by atoms with E-state index in [4.69, 9.17) is 14.4 Å². The average molecular weight is 193 g/mol. The van der Waals surface area contributed by atoms with Crippen LogP contribution < -0.4 is 0 Å². The van der Waals surface area contributed by atoms with Crippen molar-refractivity contribution in [2.75, 3.05) is 0 Å². The summed E-state index contributed by atoms with van der Waals surface area (Å²) in [5.41, 5.74) is 0. The first-order valence-electron chi connectivity index (χ1n) is 1.89. The summed E-state index contributed by atoms with van der Waals surface area (Å²) in [5.74, 6) is 0. The second-order valence-electron chi connectivity index (χ2n) is 0.546. The van der Waals surface area contributed by atoms with Gasteiger partial charge in [-0.2, -0.15) is 0 Å². The number of hydrogen-bond donors (Lipinski definition) is 0. The summed E-state index contributed by atoms with van der Waals surface area (Å²) in [4.78, 5) is 24.2. The molecule has 0 rings (SSSR count). The molecule has 4 heteroatoms. The Hall–Kier alpha value is -0.991. The topological polar surface area (TPSA) is 51.2 Å². The van der Waals surface area contributed by atoms with Crippen LogP contribution in [-0.2, 0) is 30.4 Å². The van der Waals surface area contributed by atoms with E-state index in [0.717, 1.165) is 0 Å². The van der Waals surface area contributed by atoms with Crippen molar-refractivity contribution in [3.63, 3.8) is 0 Å². The standard InChI is InChI=1S/C4H5.3CO.Fe/c1-3-4-2;3*1-2;/h1,3-4H,2H2;;;;. The van der Waals surface area contributed by atoms with Crippen molar-refractivity contribution in [2.45, 2.75) is 0 Å². The van der Waals surface area contributed by atoms with E-state index in [9.17, 15) is 0 Å². The molecule has 0 aliphatic heterocycles. The van der Waals surface area contributed by atoms with Crippen molar-refractivity contribution in [1.29, 1.82) is 0 Å². The number of rotatable bonds is 1. The normalized spacial score (nSPS) is 5.18. The largest absolute Gasteiger partial charge is 0.281 e. The van der Waals surface area contributed by atoms with Crippen LogP contribution in [0, 0.1) is 0 Å². The van der Waals surface area contributed by atoms with Crippen molar-refractivity contribution in [1.82, 2.24) is 0 Å². The second kappa shape index (κ2) is 143. The Morgan fingerprint density at radius 3 is 1.27 bits per heavy atom. The van der Waals surface area contributed by atoms with Gasteiger partial charge in [0.15, 0.2) is 0 Å². The van der Waals surface area contributed by atoms with Crippen LogP contribution in [0.3, 0.4) is 0 Å². The minimum atomic E-state index is 1.69. The van der Waals surface area contributed by atoms with E-state index in [-0.39, 0.29) is 0 Å². The van der Waals surface area contributed by atoms with E-state index >= 15 is 0 Å². The number of carbonyl (C=O) groups excluding carboxylic acids is 3. The average Bonchev–Trinajstić information content (AvgIpc) is 2.16. The molecule has 0 aromatic heterocycles. The molecular formula is C7H5FeO3. The minimum absolute atomic E-state index is 1.69. The van der Waals surface area contributed by atoms with Gasteiger partial charge in [0, 0.05) is 0 Å². The van der Waals surface area contributed by atoms with Gasteiger partial charge in [-0.3, -0.25) is 14.4 Å². The molecule has 3 nitrogen and oxygen atoms in total. The summed E-state index contributed by atoms with van der Waals surface area (Å²) in [6.45, 7) is 16.9. The fourth-order valence-electron chi connectivity index (χ4n) is 0.0481. The fourth-order valence-corrected chi connectivity index (χ4v) is 0.198. The van der Waals surface area contributed by atoms with Gasteiger partial charge in [-0.25, -0.2) is 0 Å². The predicted octanol–water partition coefficient (Wildman–Crippen LogP) is 0.0416.